The first-order chi connectivity index (χ1) is 66.8. The van der Waals surface area contributed by atoms with Gasteiger partial charge in [-0.1, -0.05) is 346 Å². The van der Waals surface area contributed by atoms with Crippen LogP contribution < -0.4 is 0 Å². The Morgan fingerprint density at radius 1 is 0.147 bits per heavy atom. The lowest BCUT2D eigenvalue weighted by Crippen LogP contribution is -2.10. The number of benzene rings is 20. The van der Waals surface area contributed by atoms with E-state index in [4.69, 9.17) is 0 Å². The van der Waals surface area contributed by atoms with Crippen LogP contribution in [0.2, 0.25) is 0 Å². The molecule has 20 aromatic carbocycles. The van der Waals surface area contributed by atoms with Gasteiger partial charge in [-0.2, -0.15) is 0 Å². The van der Waals surface area contributed by atoms with Crippen molar-refractivity contribution in [2.75, 3.05) is 0 Å². The van der Waals surface area contributed by atoms with Gasteiger partial charge in [-0.15, -0.1) is 0 Å². The molecule has 0 aromatic heterocycles. The molecule has 0 aliphatic heterocycles. The van der Waals surface area contributed by atoms with Gasteiger partial charge in [0.05, 0.1) is 65.4 Å². The molecular weight excluding hydrogens is 1810 g/mol. The third kappa shape index (κ3) is 28.8. The normalized spacial score (nSPS) is 10.9. The summed E-state index contributed by atoms with van der Waals surface area (Å²) in [5.41, 5.74) is 5.55. The van der Waals surface area contributed by atoms with E-state index >= 15 is 0 Å². The van der Waals surface area contributed by atoms with Crippen LogP contribution in [0.4, 0.5) is 0 Å². The van der Waals surface area contributed by atoms with E-state index in [2.05, 4.69) is 618 Å². The minimum absolute atomic E-state index is 0.0146. The molecule has 0 saturated carbocycles. The Morgan fingerprint density at radius 2 is 0.272 bits per heavy atom. The molecule has 0 spiro atoms. The Bertz CT molecular complexity index is 6370. The minimum Gasteiger partial charge on any atom is -0.0901 e. The summed E-state index contributed by atoms with van der Waals surface area (Å²) in [6.07, 6.45) is 0. The third-order valence-corrected chi connectivity index (χ3v) is 37.4. The van der Waals surface area contributed by atoms with E-state index in [1.807, 2.05) is 11.8 Å². The van der Waals surface area contributed by atoms with Crippen LogP contribution in [0.15, 0.2) is 677 Å². The second-order valence-electron chi connectivity index (χ2n) is 32.8. The van der Waals surface area contributed by atoms with E-state index in [0.717, 1.165) is 4.90 Å². The molecule has 20 rings (SSSR count). The highest BCUT2D eigenvalue weighted by molar-refractivity contribution is 8.00. The molecule has 0 nitrogen and oxygen atoms in total. The molecule has 20 aromatic rings. The predicted molar refractivity (Wildman–Crippen MR) is 591 cm³/mol. The fourth-order valence-corrected chi connectivity index (χ4v) is 29.1. The van der Waals surface area contributed by atoms with Gasteiger partial charge in [0.25, 0.3) is 0 Å². The Kier molecular flexibility index (Phi) is 37.1. The summed E-state index contributed by atoms with van der Waals surface area (Å²) in [5.74, 6) is 0. The van der Waals surface area contributed by atoms with Crippen molar-refractivity contribution in [2.45, 2.75) is 160 Å². The van der Waals surface area contributed by atoms with Gasteiger partial charge in [0, 0.05) is 19.6 Å². The third-order valence-electron chi connectivity index (χ3n) is 21.7. The Labute approximate surface area is 839 Å². The Balaban J connectivity index is 0.000000129. The van der Waals surface area contributed by atoms with Gasteiger partial charge in [-0.05, 0) is 323 Å². The second kappa shape index (κ2) is 51.5. The molecule has 0 atom stereocenters. The van der Waals surface area contributed by atoms with E-state index in [1.54, 1.807) is 11.8 Å². The van der Waals surface area contributed by atoms with Crippen molar-refractivity contribution in [2.24, 2.45) is 0 Å². The largest absolute Gasteiger partial charge is 0.166 e. The SMILES string of the molecule is CC(C)(C)c1ccc([SH2+])cc1.Cc1ccc([S+](c2ccccc2)c2ccc(C)cc2)cc1.Cc1ccc([S+](c2ccccc2)c2ccccc2)cc1.c1ccc(Sc2ccc([S+](c3ccccc3)c3ccccc3)cc2)cc1.c1ccc([S+](c2ccccc2)c2ccc(Sc3ccc([S+](c4ccccc4)c4ccccc4)cc3)cc2)cc1.c1ccc([S+](c2ccccc2)c2ccccc2)cc1. The van der Waals surface area contributed by atoms with Crippen molar-refractivity contribution in [1.29, 1.82) is 0 Å². The van der Waals surface area contributed by atoms with Crippen LogP contribution in [0.3, 0.4) is 0 Å². The molecule has 0 saturated heterocycles. The zero-order chi connectivity index (χ0) is 93.7. The molecule has 0 amide bonds. The molecule has 0 N–H and O–H groups in total. The lowest BCUT2D eigenvalue weighted by Gasteiger charge is -2.18. The molecule has 0 aliphatic carbocycles. The minimum atomic E-state index is -0.123. The molecule has 0 unspecified atom stereocenters. The number of hydrogen-bond acceptors (Lipinski definition) is 2. The number of hydrogen-bond donors (Lipinski definition) is 0. The first-order valence-corrected chi connectivity index (χ1v) is 55.1. The summed E-state index contributed by atoms with van der Waals surface area (Å²) in [6.45, 7) is 13.1. The summed E-state index contributed by atoms with van der Waals surface area (Å²) in [7, 11) is -0.393. The zero-order valence-electron chi connectivity index (χ0n) is 77.5. The maximum atomic E-state index is 3.46. The van der Waals surface area contributed by atoms with Gasteiger partial charge < -0.3 is 0 Å². The smallest absolute Gasteiger partial charge is 0.0901 e. The highest BCUT2D eigenvalue weighted by atomic mass is 32.2. The first-order valence-electron chi connectivity index (χ1n) is 45.6. The van der Waals surface area contributed by atoms with E-state index in [-0.39, 0.29) is 70.8 Å². The molecule has 0 bridgehead atoms. The molecule has 0 fully saturated rings. The summed E-state index contributed by atoms with van der Waals surface area (Å²) in [5, 5.41) is 0. The maximum absolute atomic E-state index is 3.46. The first kappa shape index (κ1) is 98.1. The van der Waals surface area contributed by atoms with Crippen molar-refractivity contribution in [1.82, 2.24) is 0 Å². The van der Waals surface area contributed by atoms with Crippen molar-refractivity contribution in [3.05, 3.63) is 586 Å². The lowest BCUT2D eigenvalue weighted by molar-refractivity contribution is 0.590. The van der Waals surface area contributed by atoms with E-state index in [1.165, 1.54) is 130 Å². The van der Waals surface area contributed by atoms with E-state index < -0.39 is 0 Å². The molecule has 9 heteroatoms. The van der Waals surface area contributed by atoms with Gasteiger partial charge in [0.15, 0.2) is 88.1 Å². The van der Waals surface area contributed by atoms with Gasteiger partial charge in [0.1, 0.15) is 4.90 Å². The second-order valence-corrected chi connectivity index (χ2v) is 47.8. The monoisotopic (exact) mass is 1930 g/mol. The fraction of sp³-hybridized carbons (Fsp3) is 0.0551. The van der Waals surface area contributed by atoms with Crippen LogP contribution in [0, 0.1) is 20.8 Å². The summed E-state index contributed by atoms with van der Waals surface area (Å²) >= 11 is 7.08. The van der Waals surface area contributed by atoms with Crippen LogP contribution in [-0.4, -0.2) is 0 Å². The van der Waals surface area contributed by atoms with E-state index in [0.29, 0.717) is 0 Å². The molecule has 0 aliphatic rings. The zero-order valence-corrected chi connectivity index (χ0v) is 85.0. The van der Waals surface area contributed by atoms with Crippen molar-refractivity contribution in [3.63, 3.8) is 0 Å². The number of rotatable bonds is 22. The summed E-state index contributed by atoms with van der Waals surface area (Å²) in [6, 6.07) is 202. The molecule has 668 valence electrons. The van der Waals surface area contributed by atoms with Crippen LogP contribution in [-0.2, 0) is 83.4 Å². The predicted octanol–water partition coefficient (Wildman–Crippen LogP) is 34.6. The fourth-order valence-electron chi connectivity index (χ4n) is 14.8. The molecular formula is C127H113S9+7. The molecule has 136 heavy (non-hydrogen) atoms. The van der Waals surface area contributed by atoms with Gasteiger partial charge >= 0.3 is 0 Å². The average molecular weight is 1930 g/mol. The van der Waals surface area contributed by atoms with Crippen LogP contribution in [0.1, 0.15) is 43.0 Å². The standard InChI is InChI=1S/C36H28S3.C24H19S2.C20H19S.C19H17S.C18H15S.C10H14S/c1-5-13-31(14-6-1)38(32-15-7-2-8-16-32)35-25-21-29(22-26-35)37-30-23-27-36(28-24-30)39(33-17-9-3-10-18-33)34-19-11-4-12-20-34;1-4-10-20(11-5-1)25-21-16-18-24(19-17-21)26(22-12-6-2-7-13-22)23-14-8-3-9-15-23;1-16-8-12-19(13-9-16)21(18-6-4-3-5-7-18)20-14-10-17(2)11-15-20;1-16-12-14-19(15-13-16)20(17-8-4-2-5-9-17)18-10-6-3-7-11-18;1-4-10-16(11-5-1)19(17-12-6-2-7-13-17)18-14-8-3-9-15-18;1-10(2,3)8-4-6-9(11)7-5-8/h1-28H;1-19H;3-15H,1-2H3;2-15H,1H3;1-15H;4-7,11H,1-3H3/q+2;4*+1;/p+1. The average Bonchev–Trinajstić information content (AvgIpc) is 0.830. The highest BCUT2D eigenvalue weighted by Crippen LogP contribution is 2.41. The number of aryl methyl sites for hydroxylation is 3. The Morgan fingerprint density at radius 3 is 0.419 bits per heavy atom. The van der Waals surface area contributed by atoms with Gasteiger partial charge in [0.2, 0.25) is 0 Å². The van der Waals surface area contributed by atoms with Crippen LogP contribution in [0.25, 0.3) is 0 Å². The summed E-state index contributed by atoms with van der Waals surface area (Å²) in [4.78, 5) is 30.5. The summed E-state index contributed by atoms with van der Waals surface area (Å²) < 4.78 is 0. The Hall–Kier alpha value is -12.5. The van der Waals surface area contributed by atoms with Gasteiger partial charge in [-0.3, -0.25) is 0 Å². The van der Waals surface area contributed by atoms with Crippen LogP contribution >= 0.6 is 23.5 Å². The molecule has 0 heterocycles. The van der Waals surface area contributed by atoms with Crippen LogP contribution in [0.5, 0.6) is 0 Å². The maximum Gasteiger partial charge on any atom is 0.166 e. The molecule has 0 radical (unpaired) electrons. The lowest BCUT2D eigenvalue weighted by atomic mass is 9.87. The van der Waals surface area contributed by atoms with E-state index in [9.17, 15) is 0 Å². The van der Waals surface area contributed by atoms with Crippen molar-refractivity contribution in [3.8, 4) is 0 Å². The highest BCUT2D eigenvalue weighted by Gasteiger charge is 2.34. The quantitative estimate of drug-likeness (QED) is 0.0620. The topological polar surface area (TPSA) is 0 Å². The van der Waals surface area contributed by atoms with Crippen molar-refractivity contribution < 1.29 is 0 Å². The van der Waals surface area contributed by atoms with Crippen molar-refractivity contribution >= 4 is 102 Å². The van der Waals surface area contributed by atoms with Gasteiger partial charge in [-0.25, -0.2) is 0 Å².